The lowest BCUT2D eigenvalue weighted by Gasteiger charge is -2.24. The highest BCUT2D eigenvalue weighted by Gasteiger charge is 2.24. The molecule has 3 nitrogen and oxygen atoms in total. The molecule has 0 bridgehead atoms. The van der Waals surface area contributed by atoms with Crippen molar-refractivity contribution in [2.45, 2.75) is 34.1 Å². The maximum atomic E-state index is 6.51. The lowest BCUT2D eigenvalue weighted by atomic mass is 9.85. The number of nitrogens with zero attached hydrogens (tertiary/aromatic N) is 2. The van der Waals surface area contributed by atoms with Crippen LogP contribution in [0.1, 0.15) is 32.0 Å². The SMILES string of the molecule is Cc1ccc2cc3c(cc2n1)Oc1cc2c(CC(C)(C)C)cccc2c2ccnc-3c12. The van der Waals surface area contributed by atoms with Crippen molar-refractivity contribution in [3.8, 4) is 22.8 Å². The lowest BCUT2D eigenvalue weighted by molar-refractivity contribution is 0.412. The fraction of sp³-hybridized carbons (Fsp3) is 0.214. The summed E-state index contributed by atoms with van der Waals surface area (Å²) in [6, 6.07) is 19.3. The first kappa shape index (κ1) is 18.3. The molecule has 0 spiro atoms. The van der Waals surface area contributed by atoms with E-state index in [1.165, 1.54) is 21.7 Å². The molecule has 0 fully saturated rings. The van der Waals surface area contributed by atoms with Crippen LogP contribution in [0.5, 0.6) is 11.5 Å². The van der Waals surface area contributed by atoms with Gasteiger partial charge >= 0.3 is 0 Å². The lowest BCUT2D eigenvalue weighted by Crippen LogP contribution is -2.09. The molecule has 0 saturated carbocycles. The minimum atomic E-state index is 0.208. The van der Waals surface area contributed by atoms with Crippen LogP contribution < -0.4 is 4.74 Å². The molecule has 3 heterocycles. The first-order chi connectivity index (χ1) is 14.9. The molecule has 0 saturated heterocycles. The first-order valence-corrected chi connectivity index (χ1v) is 10.8. The minimum Gasteiger partial charge on any atom is -0.456 e. The summed E-state index contributed by atoms with van der Waals surface area (Å²) in [5, 5.41) is 5.91. The Balaban J connectivity index is 1.67. The Morgan fingerprint density at radius 3 is 2.58 bits per heavy atom. The summed E-state index contributed by atoms with van der Waals surface area (Å²) in [5.41, 5.74) is 5.53. The molecule has 6 rings (SSSR count). The summed E-state index contributed by atoms with van der Waals surface area (Å²) >= 11 is 0. The number of pyridine rings is 2. The van der Waals surface area contributed by atoms with Gasteiger partial charge in [0.25, 0.3) is 0 Å². The van der Waals surface area contributed by atoms with Crippen LogP contribution in [-0.4, -0.2) is 9.97 Å². The van der Waals surface area contributed by atoms with Crippen LogP contribution in [0.2, 0.25) is 0 Å². The summed E-state index contributed by atoms with van der Waals surface area (Å²) in [5.74, 6) is 1.71. The van der Waals surface area contributed by atoms with Crippen molar-refractivity contribution in [3.63, 3.8) is 0 Å². The van der Waals surface area contributed by atoms with Crippen molar-refractivity contribution in [2.24, 2.45) is 5.41 Å². The van der Waals surface area contributed by atoms with Gasteiger partial charge in [0, 0.05) is 28.9 Å². The molecule has 0 aliphatic carbocycles. The van der Waals surface area contributed by atoms with Gasteiger partial charge < -0.3 is 4.74 Å². The molecule has 31 heavy (non-hydrogen) atoms. The van der Waals surface area contributed by atoms with Gasteiger partial charge in [-0.1, -0.05) is 45.0 Å². The number of ether oxygens (including phenoxy) is 1. The van der Waals surface area contributed by atoms with Gasteiger partial charge in [0.1, 0.15) is 11.5 Å². The van der Waals surface area contributed by atoms with Gasteiger partial charge in [-0.15, -0.1) is 0 Å². The maximum Gasteiger partial charge on any atom is 0.139 e. The van der Waals surface area contributed by atoms with Crippen molar-refractivity contribution >= 4 is 32.4 Å². The van der Waals surface area contributed by atoms with Crippen LogP contribution in [0.15, 0.2) is 60.8 Å². The summed E-state index contributed by atoms with van der Waals surface area (Å²) in [6.07, 6.45) is 2.93. The molecule has 0 radical (unpaired) electrons. The van der Waals surface area contributed by atoms with Gasteiger partial charge in [0.15, 0.2) is 0 Å². The quantitative estimate of drug-likeness (QED) is 0.265. The highest BCUT2D eigenvalue weighted by atomic mass is 16.5. The topological polar surface area (TPSA) is 35.0 Å². The summed E-state index contributed by atoms with van der Waals surface area (Å²) < 4.78 is 6.51. The van der Waals surface area contributed by atoms with Gasteiger partial charge in [0.05, 0.1) is 16.6 Å². The molecular formula is C28H24N2O. The van der Waals surface area contributed by atoms with Gasteiger partial charge in [-0.2, -0.15) is 0 Å². The number of aryl methyl sites for hydroxylation is 1. The van der Waals surface area contributed by atoms with E-state index in [1.54, 1.807) is 0 Å². The highest BCUT2D eigenvalue weighted by Crippen LogP contribution is 2.49. The molecule has 3 aromatic carbocycles. The molecular weight excluding hydrogens is 380 g/mol. The van der Waals surface area contributed by atoms with E-state index in [0.717, 1.165) is 51.2 Å². The van der Waals surface area contributed by atoms with Gasteiger partial charge in [0.2, 0.25) is 0 Å². The van der Waals surface area contributed by atoms with E-state index in [0.29, 0.717) is 0 Å². The average Bonchev–Trinajstić information content (AvgIpc) is 2.72. The predicted octanol–water partition coefficient (Wildman–Crippen LogP) is 7.61. The second-order valence-electron chi connectivity index (χ2n) is 9.80. The van der Waals surface area contributed by atoms with Crippen molar-refractivity contribution in [3.05, 3.63) is 72.1 Å². The molecule has 5 aromatic rings. The molecule has 0 atom stereocenters. The molecule has 3 heteroatoms. The Kier molecular flexibility index (Phi) is 3.71. The van der Waals surface area contributed by atoms with E-state index in [-0.39, 0.29) is 5.41 Å². The van der Waals surface area contributed by atoms with E-state index < -0.39 is 0 Å². The fourth-order valence-corrected chi connectivity index (χ4v) is 4.81. The van der Waals surface area contributed by atoms with Crippen LogP contribution >= 0.6 is 0 Å². The zero-order chi connectivity index (χ0) is 21.3. The third-order valence-electron chi connectivity index (χ3n) is 6.08. The largest absolute Gasteiger partial charge is 0.456 e. The zero-order valence-electron chi connectivity index (χ0n) is 18.3. The third-order valence-corrected chi connectivity index (χ3v) is 6.08. The number of hydrogen-bond acceptors (Lipinski definition) is 3. The fourth-order valence-electron chi connectivity index (χ4n) is 4.81. The van der Waals surface area contributed by atoms with Crippen LogP contribution in [0.25, 0.3) is 43.7 Å². The van der Waals surface area contributed by atoms with E-state index in [1.807, 2.05) is 25.3 Å². The zero-order valence-corrected chi connectivity index (χ0v) is 18.3. The van der Waals surface area contributed by atoms with E-state index in [4.69, 9.17) is 14.7 Å². The number of benzene rings is 3. The smallest absolute Gasteiger partial charge is 0.139 e. The van der Waals surface area contributed by atoms with Crippen molar-refractivity contribution in [1.82, 2.24) is 9.97 Å². The molecule has 152 valence electrons. The molecule has 1 aliphatic rings. The summed E-state index contributed by atoms with van der Waals surface area (Å²) in [6.45, 7) is 8.86. The normalized spacial score (nSPS) is 12.9. The second kappa shape index (κ2) is 6.27. The molecule has 2 aromatic heterocycles. The Hall–Kier alpha value is -3.46. The first-order valence-electron chi connectivity index (χ1n) is 10.8. The average molecular weight is 405 g/mol. The monoisotopic (exact) mass is 404 g/mol. The maximum absolute atomic E-state index is 6.51. The van der Waals surface area contributed by atoms with Crippen LogP contribution in [0.3, 0.4) is 0 Å². The van der Waals surface area contributed by atoms with Crippen LogP contribution in [0, 0.1) is 12.3 Å². The molecule has 0 N–H and O–H groups in total. The van der Waals surface area contributed by atoms with Crippen LogP contribution in [0.4, 0.5) is 0 Å². The van der Waals surface area contributed by atoms with E-state index >= 15 is 0 Å². The minimum absolute atomic E-state index is 0.208. The Labute approximate surface area is 181 Å². The number of rotatable bonds is 1. The molecule has 0 unspecified atom stereocenters. The van der Waals surface area contributed by atoms with Gasteiger partial charge in [-0.3, -0.25) is 9.97 Å². The molecule has 1 aliphatic heterocycles. The van der Waals surface area contributed by atoms with Crippen molar-refractivity contribution < 1.29 is 4.74 Å². The second-order valence-corrected chi connectivity index (χ2v) is 9.80. The van der Waals surface area contributed by atoms with E-state index in [9.17, 15) is 0 Å². The van der Waals surface area contributed by atoms with Crippen molar-refractivity contribution in [1.29, 1.82) is 0 Å². The number of aromatic nitrogens is 2. The standard InChI is InChI=1S/C28H24N2O/c1-16-8-9-17-12-22-24(14-23(17)30-16)31-25-13-21-18(15-28(2,3)4)6-5-7-19(21)20-10-11-29-27(22)26(20)25/h5-14H,15H2,1-4H3. The van der Waals surface area contributed by atoms with Crippen molar-refractivity contribution in [2.75, 3.05) is 0 Å². The van der Waals surface area contributed by atoms with Gasteiger partial charge in [-0.05, 0) is 64.7 Å². The summed E-state index contributed by atoms with van der Waals surface area (Å²) in [7, 11) is 0. The predicted molar refractivity (Wildman–Crippen MR) is 128 cm³/mol. The van der Waals surface area contributed by atoms with E-state index in [2.05, 4.69) is 63.2 Å². The number of fused-ring (bicyclic) bond motifs is 5. The van der Waals surface area contributed by atoms with Gasteiger partial charge in [-0.25, -0.2) is 0 Å². The third kappa shape index (κ3) is 2.88. The Morgan fingerprint density at radius 2 is 1.74 bits per heavy atom. The molecule has 0 amide bonds. The van der Waals surface area contributed by atoms with Crippen LogP contribution in [-0.2, 0) is 6.42 Å². The Bertz CT molecular complexity index is 1530. The number of hydrogen-bond donors (Lipinski definition) is 0. The summed E-state index contributed by atoms with van der Waals surface area (Å²) in [4.78, 5) is 9.48. The highest BCUT2D eigenvalue weighted by molar-refractivity contribution is 6.16. The Morgan fingerprint density at radius 1 is 0.871 bits per heavy atom.